The number of para-hydroxylation sites is 2. The largest absolute Gasteiger partial charge is 0.456 e. The van der Waals surface area contributed by atoms with Crippen LogP contribution in [0.15, 0.2) is 172 Å². The first-order chi connectivity index (χ1) is 25.2. The molecule has 1 unspecified atom stereocenters. The Kier molecular flexibility index (Phi) is 6.12. The molecule has 0 aliphatic carbocycles. The number of furan rings is 1. The van der Waals surface area contributed by atoms with Crippen molar-refractivity contribution in [1.29, 1.82) is 0 Å². The molecule has 0 spiro atoms. The van der Waals surface area contributed by atoms with E-state index in [0.717, 1.165) is 44.5 Å². The zero-order valence-corrected chi connectivity index (χ0v) is 28.1. The summed E-state index contributed by atoms with van der Waals surface area (Å²) < 4.78 is 11.3. The number of nitrogens with one attached hydrogen (secondary N) is 1. The maximum atomic E-state index is 6.48. The highest BCUT2D eigenvalue weighted by atomic mass is 32.1. The lowest BCUT2D eigenvalue weighted by Gasteiger charge is -2.23. The van der Waals surface area contributed by atoms with Gasteiger partial charge in [0.2, 0.25) is 0 Å². The Morgan fingerprint density at radius 1 is 0.529 bits per heavy atom. The van der Waals surface area contributed by atoms with Crippen LogP contribution in [0, 0.1) is 0 Å². The lowest BCUT2D eigenvalue weighted by molar-refractivity contribution is 0.669. The predicted octanol–water partition coefficient (Wildman–Crippen LogP) is 11.5. The molecule has 10 aromatic rings. The molecule has 0 saturated carbocycles. The van der Waals surface area contributed by atoms with Crippen molar-refractivity contribution in [2.45, 2.75) is 6.17 Å². The van der Waals surface area contributed by atoms with E-state index >= 15 is 0 Å². The molecule has 1 N–H and O–H groups in total. The van der Waals surface area contributed by atoms with Crippen molar-refractivity contribution >= 4 is 86.9 Å². The lowest BCUT2D eigenvalue weighted by Crippen LogP contribution is -2.33. The Balaban J connectivity index is 1.04. The fourth-order valence-electron chi connectivity index (χ4n) is 7.64. The van der Waals surface area contributed by atoms with E-state index < -0.39 is 0 Å². The number of amidine groups is 2. The summed E-state index contributed by atoms with van der Waals surface area (Å²) in [5.41, 5.74) is 8.40. The van der Waals surface area contributed by atoms with Crippen molar-refractivity contribution in [3.05, 3.63) is 174 Å². The quantitative estimate of drug-likeness (QED) is 0.202. The molecule has 1 aliphatic heterocycles. The maximum absolute atomic E-state index is 6.48. The number of thiophene rings is 1. The maximum Gasteiger partial charge on any atom is 0.159 e. The molecule has 0 saturated heterocycles. The second-order valence-corrected chi connectivity index (χ2v) is 14.1. The normalized spacial score (nSPS) is 14.9. The van der Waals surface area contributed by atoms with Gasteiger partial charge in [-0.15, -0.1) is 11.3 Å². The topological polar surface area (TPSA) is 54.8 Å². The van der Waals surface area contributed by atoms with Crippen LogP contribution < -0.4 is 5.32 Å². The molecule has 11 rings (SSSR count). The zero-order chi connectivity index (χ0) is 33.5. The summed E-state index contributed by atoms with van der Waals surface area (Å²) in [6.45, 7) is 0. The van der Waals surface area contributed by atoms with Crippen LogP contribution in [0.1, 0.15) is 22.9 Å². The first kappa shape index (κ1) is 28.3. The van der Waals surface area contributed by atoms with Gasteiger partial charge in [0.1, 0.15) is 23.2 Å². The summed E-state index contributed by atoms with van der Waals surface area (Å²) in [5, 5.41) is 10.8. The van der Waals surface area contributed by atoms with Crippen molar-refractivity contribution in [3.8, 4) is 5.69 Å². The average Bonchev–Trinajstić information content (AvgIpc) is 3.85. The van der Waals surface area contributed by atoms with Crippen molar-refractivity contribution in [2.24, 2.45) is 9.98 Å². The van der Waals surface area contributed by atoms with Crippen LogP contribution in [0.25, 0.3) is 69.6 Å². The molecule has 0 bridgehead atoms. The van der Waals surface area contributed by atoms with Crippen molar-refractivity contribution in [1.82, 2.24) is 9.88 Å². The van der Waals surface area contributed by atoms with E-state index in [-0.39, 0.29) is 6.17 Å². The van der Waals surface area contributed by atoms with Crippen molar-refractivity contribution in [3.63, 3.8) is 0 Å². The average molecular weight is 673 g/mol. The van der Waals surface area contributed by atoms with E-state index in [1.54, 1.807) is 0 Å². The first-order valence-electron chi connectivity index (χ1n) is 17.1. The summed E-state index contributed by atoms with van der Waals surface area (Å²) in [4.78, 5) is 10.1. The lowest BCUT2D eigenvalue weighted by atomic mass is 10.0. The van der Waals surface area contributed by atoms with Gasteiger partial charge >= 0.3 is 0 Å². The van der Waals surface area contributed by atoms with E-state index in [4.69, 9.17) is 14.4 Å². The summed E-state index contributed by atoms with van der Waals surface area (Å²) in [7, 11) is 0. The van der Waals surface area contributed by atoms with Crippen LogP contribution in [0.5, 0.6) is 0 Å². The third kappa shape index (κ3) is 4.47. The van der Waals surface area contributed by atoms with Gasteiger partial charge in [-0.2, -0.15) is 0 Å². The molecule has 3 aromatic heterocycles. The van der Waals surface area contributed by atoms with Gasteiger partial charge in [0, 0.05) is 58.5 Å². The first-order valence-corrected chi connectivity index (χ1v) is 17.9. The van der Waals surface area contributed by atoms with Gasteiger partial charge in [0.15, 0.2) is 5.84 Å². The standard InChI is InChI=1S/C45H28N4OS/c1-3-11-27(12-4-1)43-46-44(28-13-5-2-6-14-28)48-45(47-43)29-19-22-39-34(23-29)35-25-36-33-21-20-30(24-41(33)51-42(36)26-40(35)50-39)49-37-17-9-7-15-31(37)32-16-8-10-18-38(32)49/h1-26,43H,(H,46,47,48). The molecule has 0 amide bonds. The molecule has 6 heteroatoms. The van der Waals surface area contributed by atoms with E-state index in [0.29, 0.717) is 5.84 Å². The predicted molar refractivity (Wildman–Crippen MR) is 213 cm³/mol. The summed E-state index contributed by atoms with van der Waals surface area (Å²) >= 11 is 1.82. The van der Waals surface area contributed by atoms with Gasteiger partial charge in [0.05, 0.1) is 11.0 Å². The SMILES string of the molecule is c1ccc(C2=NC(c3ccccc3)NC(c3ccc4oc5cc6sc7cc(-n8c9ccccc9c9ccccc98)ccc7c6cc5c4c3)=N2)cc1. The van der Waals surface area contributed by atoms with Crippen LogP contribution >= 0.6 is 11.3 Å². The molecular formula is C45H28N4OS. The molecule has 51 heavy (non-hydrogen) atoms. The van der Waals surface area contributed by atoms with E-state index in [9.17, 15) is 0 Å². The second kappa shape index (κ2) is 11.0. The van der Waals surface area contributed by atoms with Crippen LogP contribution in [0.4, 0.5) is 0 Å². The summed E-state index contributed by atoms with van der Waals surface area (Å²) in [6.07, 6.45) is -0.255. The van der Waals surface area contributed by atoms with E-state index in [1.165, 1.54) is 47.7 Å². The summed E-state index contributed by atoms with van der Waals surface area (Å²) in [6, 6.07) is 55.5. The van der Waals surface area contributed by atoms with Crippen molar-refractivity contribution < 1.29 is 4.42 Å². The minimum absolute atomic E-state index is 0.255. The monoisotopic (exact) mass is 672 g/mol. The van der Waals surface area contributed by atoms with Gasteiger partial charge in [-0.1, -0.05) is 103 Å². The van der Waals surface area contributed by atoms with Gasteiger partial charge in [-0.25, -0.2) is 9.98 Å². The Morgan fingerprint density at radius 2 is 1.22 bits per heavy atom. The Hall–Kier alpha value is -6.50. The fraction of sp³-hybridized carbons (Fsp3) is 0.0222. The molecule has 240 valence electrons. The van der Waals surface area contributed by atoms with Crippen LogP contribution in [0.3, 0.4) is 0 Å². The Bertz CT molecular complexity index is 3010. The zero-order valence-electron chi connectivity index (χ0n) is 27.2. The van der Waals surface area contributed by atoms with Crippen molar-refractivity contribution in [2.75, 3.05) is 0 Å². The number of rotatable bonds is 4. The molecule has 1 atom stereocenters. The molecule has 5 nitrogen and oxygen atoms in total. The van der Waals surface area contributed by atoms with Gasteiger partial charge < -0.3 is 14.3 Å². The highest BCUT2D eigenvalue weighted by Crippen LogP contribution is 2.41. The smallest absolute Gasteiger partial charge is 0.159 e. The number of aromatic nitrogens is 1. The van der Waals surface area contributed by atoms with E-state index in [1.807, 2.05) is 47.7 Å². The van der Waals surface area contributed by atoms with Gasteiger partial charge in [-0.05, 0) is 60.2 Å². The highest BCUT2D eigenvalue weighted by Gasteiger charge is 2.22. The van der Waals surface area contributed by atoms with Gasteiger partial charge in [0.25, 0.3) is 0 Å². The molecular weight excluding hydrogens is 645 g/mol. The molecule has 1 aliphatic rings. The number of nitrogens with zero attached hydrogens (tertiary/aromatic N) is 3. The van der Waals surface area contributed by atoms with Crippen LogP contribution in [-0.4, -0.2) is 16.2 Å². The number of benzene rings is 7. The van der Waals surface area contributed by atoms with Crippen LogP contribution in [-0.2, 0) is 0 Å². The van der Waals surface area contributed by atoms with Gasteiger partial charge in [-0.3, -0.25) is 0 Å². The second-order valence-electron chi connectivity index (χ2n) is 13.0. The van der Waals surface area contributed by atoms with E-state index in [2.05, 4.69) is 131 Å². The third-order valence-electron chi connectivity index (χ3n) is 10.0. The molecule has 4 heterocycles. The third-order valence-corrected chi connectivity index (χ3v) is 11.2. The molecule has 0 radical (unpaired) electrons. The highest BCUT2D eigenvalue weighted by molar-refractivity contribution is 7.25. The number of fused-ring (bicyclic) bond motifs is 9. The Morgan fingerprint density at radius 3 is 2.00 bits per heavy atom. The fourth-order valence-corrected chi connectivity index (χ4v) is 8.79. The van der Waals surface area contributed by atoms with Crippen LogP contribution in [0.2, 0.25) is 0 Å². The molecule has 0 fully saturated rings. The summed E-state index contributed by atoms with van der Waals surface area (Å²) in [5.74, 6) is 1.50. The molecule has 7 aromatic carbocycles. The Labute approximate surface area is 296 Å². The minimum Gasteiger partial charge on any atom is -0.456 e. The minimum atomic E-state index is -0.255. The number of hydrogen-bond acceptors (Lipinski definition) is 5. The number of hydrogen-bond donors (Lipinski definition) is 1. The number of aliphatic imine (C=N–C) groups is 2.